The van der Waals surface area contributed by atoms with Crippen LogP contribution in [0.3, 0.4) is 0 Å². The summed E-state index contributed by atoms with van der Waals surface area (Å²) in [5.41, 5.74) is 6.41. The lowest BCUT2D eigenvalue weighted by Gasteiger charge is -2.10. The fourth-order valence-electron chi connectivity index (χ4n) is 7.08. The van der Waals surface area contributed by atoms with Crippen molar-refractivity contribution in [2.45, 2.75) is 0 Å². The van der Waals surface area contributed by atoms with Gasteiger partial charge in [-0.15, -0.1) is 0 Å². The molecule has 4 aromatic carbocycles. The van der Waals surface area contributed by atoms with E-state index >= 15 is 0 Å². The smallest absolute Gasteiger partial charge is 0.149 e. The van der Waals surface area contributed by atoms with E-state index in [1.165, 1.54) is 21.5 Å². The van der Waals surface area contributed by atoms with Gasteiger partial charge in [-0.2, -0.15) is 0 Å². The number of nitrogens with zero attached hydrogens (tertiary/aromatic N) is 6. The van der Waals surface area contributed by atoms with Crippen LogP contribution in [-0.4, -0.2) is 28.7 Å². The second-order valence-electron chi connectivity index (χ2n) is 11.4. The highest BCUT2D eigenvalue weighted by Crippen LogP contribution is 2.40. The Hall–Kier alpha value is -6.27. The van der Waals surface area contributed by atoms with Crippen molar-refractivity contribution < 1.29 is 0 Å². The first-order chi connectivity index (χ1) is 22.3. The summed E-state index contributed by atoms with van der Waals surface area (Å²) in [6, 6.07) is 46.7. The molecular formula is C39H24N6. The molecule has 0 unspecified atom stereocenters. The number of fused-ring (bicyclic) bond motifs is 9. The van der Waals surface area contributed by atoms with Crippen molar-refractivity contribution in [3.05, 3.63) is 146 Å². The molecule has 0 saturated carbocycles. The molecule has 210 valence electrons. The van der Waals surface area contributed by atoms with E-state index in [2.05, 4.69) is 117 Å². The molecule has 0 aliphatic rings. The minimum Gasteiger partial charge on any atom is -0.294 e. The van der Waals surface area contributed by atoms with Crippen LogP contribution in [0.2, 0.25) is 0 Å². The number of pyridine rings is 3. The van der Waals surface area contributed by atoms with Crippen LogP contribution in [0.5, 0.6) is 0 Å². The zero-order chi connectivity index (χ0) is 29.5. The summed E-state index contributed by atoms with van der Waals surface area (Å²) in [7, 11) is 0. The Morgan fingerprint density at radius 2 is 0.822 bits per heavy atom. The van der Waals surface area contributed by atoms with E-state index in [1.807, 2.05) is 42.7 Å². The fraction of sp³-hybridized carbons (Fsp3) is 0. The van der Waals surface area contributed by atoms with Crippen LogP contribution in [0.15, 0.2) is 146 Å². The average molecular weight is 577 g/mol. The summed E-state index contributed by atoms with van der Waals surface area (Å²) < 4.78 is 6.73. The molecule has 0 amide bonds. The van der Waals surface area contributed by atoms with E-state index in [0.29, 0.717) is 0 Å². The maximum atomic E-state index is 5.40. The third kappa shape index (κ3) is 3.36. The second kappa shape index (κ2) is 9.11. The summed E-state index contributed by atoms with van der Waals surface area (Å²) >= 11 is 0. The van der Waals surface area contributed by atoms with Gasteiger partial charge in [0, 0.05) is 44.7 Å². The Morgan fingerprint density at radius 1 is 0.333 bits per heavy atom. The number of hydrogen-bond acceptors (Lipinski definition) is 3. The molecule has 0 atom stereocenters. The Morgan fingerprint density at radius 3 is 1.40 bits per heavy atom. The maximum Gasteiger partial charge on any atom is 0.149 e. The quantitative estimate of drug-likeness (QED) is 0.211. The Labute approximate surface area is 257 Å². The van der Waals surface area contributed by atoms with Gasteiger partial charge in [0.25, 0.3) is 0 Å². The minimum atomic E-state index is 0.845. The first-order valence-corrected chi connectivity index (χ1v) is 15.0. The molecule has 0 saturated heterocycles. The highest BCUT2D eigenvalue weighted by molar-refractivity contribution is 6.19. The largest absolute Gasteiger partial charge is 0.294 e. The van der Waals surface area contributed by atoms with Crippen molar-refractivity contribution >= 4 is 65.5 Å². The van der Waals surface area contributed by atoms with Crippen LogP contribution >= 0.6 is 0 Å². The first kappa shape index (κ1) is 24.2. The molecule has 10 rings (SSSR count). The van der Waals surface area contributed by atoms with Gasteiger partial charge in [0.05, 0.1) is 27.6 Å². The monoisotopic (exact) mass is 576 g/mol. The molecular weight excluding hydrogens is 552 g/mol. The summed E-state index contributed by atoms with van der Waals surface area (Å²) in [5, 5.41) is 7.03. The maximum absolute atomic E-state index is 5.40. The van der Waals surface area contributed by atoms with Crippen LogP contribution in [0, 0.1) is 0 Å². The zero-order valence-electron chi connectivity index (χ0n) is 24.0. The van der Waals surface area contributed by atoms with E-state index in [-0.39, 0.29) is 0 Å². The predicted molar refractivity (Wildman–Crippen MR) is 183 cm³/mol. The van der Waals surface area contributed by atoms with E-state index in [1.54, 1.807) is 0 Å². The normalized spacial score (nSPS) is 12.0. The Balaban J connectivity index is 1.34. The summed E-state index contributed by atoms with van der Waals surface area (Å²) in [6.45, 7) is 0. The topological polar surface area (TPSA) is 53.5 Å². The van der Waals surface area contributed by atoms with Crippen molar-refractivity contribution in [1.29, 1.82) is 0 Å². The lowest BCUT2D eigenvalue weighted by Crippen LogP contribution is -2.02. The molecule has 0 fully saturated rings. The van der Waals surface area contributed by atoms with Crippen LogP contribution in [0.1, 0.15) is 0 Å². The number of rotatable bonds is 3. The molecule has 0 aliphatic carbocycles. The van der Waals surface area contributed by atoms with Crippen molar-refractivity contribution in [2.75, 3.05) is 0 Å². The first-order valence-electron chi connectivity index (χ1n) is 15.0. The molecule has 6 aromatic heterocycles. The highest BCUT2D eigenvalue weighted by Gasteiger charge is 2.20. The standard InChI is InChI=1S/C39H24N6/c1-6-16-33-25(11-1)28-19-20-38(42-39(28)45(33)37-18-8-10-22-41-37)44-32-15-5-3-13-27(32)30-23-29-26-12-2-4-14-31(26)43(34(29)24-35(30)44)36-17-7-9-21-40-36/h1-24H. The predicted octanol–water partition coefficient (Wildman–Crippen LogP) is 9.16. The second-order valence-corrected chi connectivity index (χ2v) is 11.4. The lowest BCUT2D eigenvalue weighted by molar-refractivity contribution is 1.03. The van der Waals surface area contributed by atoms with Gasteiger partial charge < -0.3 is 0 Å². The molecule has 0 radical (unpaired) electrons. The van der Waals surface area contributed by atoms with Crippen LogP contribution in [-0.2, 0) is 0 Å². The van der Waals surface area contributed by atoms with Gasteiger partial charge in [0.15, 0.2) is 0 Å². The third-order valence-electron chi connectivity index (χ3n) is 8.96. The highest BCUT2D eigenvalue weighted by atomic mass is 15.1. The molecule has 45 heavy (non-hydrogen) atoms. The van der Waals surface area contributed by atoms with Gasteiger partial charge in [0.1, 0.15) is 23.1 Å². The van der Waals surface area contributed by atoms with Gasteiger partial charge in [0.2, 0.25) is 0 Å². The van der Waals surface area contributed by atoms with Crippen LogP contribution < -0.4 is 0 Å². The summed E-state index contributed by atoms with van der Waals surface area (Å²) in [6.07, 6.45) is 3.68. The number of para-hydroxylation sites is 3. The average Bonchev–Trinajstić information content (AvgIpc) is 3.73. The van der Waals surface area contributed by atoms with Gasteiger partial charge in [-0.1, -0.05) is 66.7 Å². The van der Waals surface area contributed by atoms with Crippen LogP contribution in [0.4, 0.5) is 0 Å². The van der Waals surface area contributed by atoms with Crippen molar-refractivity contribution in [1.82, 2.24) is 28.7 Å². The lowest BCUT2D eigenvalue weighted by atomic mass is 10.1. The molecule has 0 aliphatic heterocycles. The molecule has 6 heterocycles. The van der Waals surface area contributed by atoms with Gasteiger partial charge in [-0.05, 0) is 66.7 Å². The molecule has 6 heteroatoms. The van der Waals surface area contributed by atoms with Gasteiger partial charge >= 0.3 is 0 Å². The SMILES string of the molecule is c1ccc(-n2c3ccccc3c3cc4c5ccccc5n(-c5ccc6c7ccccc7n(-c7ccccn7)c6n5)c4cc32)nc1. The van der Waals surface area contributed by atoms with E-state index in [4.69, 9.17) is 15.0 Å². The van der Waals surface area contributed by atoms with Gasteiger partial charge in [-0.25, -0.2) is 15.0 Å². The van der Waals surface area contributed by atoms with E-state index in [9.17, 15) is 0 Å². The van der Waals surface area contributed by atoms with Crippen molar-refractivity contribution in [3.63, 3.8) is 0 Å². The number of benzene rings is 4. The zero-order valence-corrected chi connectivity index (χ0v) is 24.0. The molecule has 6 nitrogen and oxygen atoms in total. The van der Waals surface area contributed by atoms with E-state index in [0.717, 1.165) is 61.5 Å². The molecule has 10 aromatic rings. The number of aromatic nitrogens is 6. The Bertz CT molecular complexity index is 2750. The molecule has 0 N–H and O–H groups in total. The van der Waals surface area contributed by atoms with E-state index < -0.39 is 0 Å². The van der Waals surface area contributed by atoms with Crippen molar-refractivity contribution in [3.8, 4) is 17.5 Å². The minimum absolute atomic E-state index is 0.845. The fourth-order valence-corrected chi connectivity index (χ4v) is 7.08. The summed E-state index contributed by atoms with van der Waals surface area (Å²) in [5.74, 6) is 2.59. The van der Waals surface area contributed by atoms with Crippen LogP contribution in [0.25, 0.3) is 83.0 Å². The van der Waals surface area contributed by atoms with Gasteiger partial charge in [-0.3, -0.25) is 13.7 Å². The molecule has 0 bridgehead atoms. The van der Waals surface area contributed by atoms with Crippen molar-refractivity contribution in [2.24, 2.45) is 0 Å². The third-order valence-corrected chi connectivity index (χ3v) is 8.96. The number of hydrogen-bond donors (Lipinski definition) is 0. The summed E-state index contributed by atoms with van der Waals surface area (Å²) in [4.78, 5) is 14.9. The molecule has 0 spiro atoms. The Kier molecular flexibility index (Phi) is 4.90.